The second-order valence-electron chi connectivity index (χ2n) is 5.98. The van der Waals surface area contributed by atoms with Gasteiger partial charge in [0.25, 0.3) is 11.6 Å². The van der Waals surface area contributed by atoms with E-state index in [1.807, 2.05) is 12.1 Å². The number of benzene rings is 2. The lowest BCUT2D eigenvalue weighted by Crippen LogP contribution is -2.40. The summed E-state index contributed by atoms with van der Waals surface area (Å²) < 4.78 is 22.1. The van der Waals surface area contributed by atoms with Crippen LogP contribution < -0.4 is 24.3 Å². The molecule has 1 atom stereocenters. The molecule has 1 N–H and O–H groups in total. The summed E-state index contributed by atoms with van der Waals surface area (Å²) in [5, 5.41) is 14.0. The Bertz CT molecular complexity index is 899. The molecule has 2 aliphatic rings. The molecule has 0 fully saturated rings. The number of nitrogens with zero attached hydrogens (tertiary/aromatic N) is 1. The van der Waals surface area contributed by atoms with Crippen LogP contribution in [-0.2, 0) is 0 Å². The molecule has 9 heteroatoms. The van der Waals surface area contributed by atoms with Crippen LogP contribution in [0.25, 0.3) is 0 Å². The summed E-state index contributed by atoms with van der Waals surface area (Å²) in [6.45, 7) is 1.02. The predicted molar refractivity (Wildman–Crippen MR) is 92.8 cm³/mol. The van der Waals surface area contributed by atoms with Crippen molar-refractivity contribution in [3.8, 4) is 23.0 Å². The SMILES string of the molecule is O=C(NC[C@@H]1COc2ccccc2O1)c1cc2c(cc1[N+](=O)[O-])OCCO2. The van der Waals surface area contributed by atoms with E-state index in [9.17, 15) is 14.9 Å². The number of carbonyl (C=O) groups excluding carboxylic acids is 1. The molecule has 0 unspecified atom stereocenters. The van der Waals surface area contributed by atoms with Gasteiger partial charge in [-0.05, 0) is 12.1 Å². The molecule has 2 aromatic rings. The van der Waals surface area contributed by atoms with Crippen molar-refractivity contribution in [1.82, 2.24) is 5.32 Å². The summed E-state index contributed by atoms with van der Waals surface area (Å²) >= 11 is 0. The Labute approximate surface area is 153 Å². The Kier molecular flexibility index (Phi) is 4.41. The molecule has 1 amide bonds. The van der Waals surface area contributed by atoms with E-state index in [1.165, 1.54) is 12.1 Å². The molecule has 27 heavy (non-hydrogen) atoms. The highest BCUT2D eigenvalue weighted by atomic mass is 16.6. The van der Waals surface area contributed by atoms with Crippen molar-refractivity contribution in [1.29, 1.82) is 0 Å². The van der Waals surface area contributed by atoms with E-state index in [2.05, 4.69) is 5.32 Å². The highest BCUT2D eigenvalue weighted by Crippen LogP contribution is 2.36. The van der Waals surface area contributed by atoms with Crippen LogP contribution in [0.5, 0.6) is 23.0 Å². The molecule has 0 aliphatic carbocycles. The van der Waals surface area contributed by atoms with Gasteiger partial charge in [0, 0.05) is 6.07 Å². The largest absolute Gasteiger partial charge is 0.486 e. The maximum atomic E-state index is 12.5. The number of amides is 1. The molecule has 2 aliphatic heterocycles. The lowest BCUT2D eigenvalue weighted by atomic mass is 10.1. The Morgan fingerprint density at radius 3 is 2.52 bits per heavy atom. The highest BCUT2D eigenvalue weighted by molar-refractivity contribution is 5.99. The normalized spacial score (nSPS) is 17.1. The summed E-state index contributed by atoms with van der Waals surface area (Å²) in [7, 11) is 0. The Morgan fingerprint density at radius 1 is 1.07 bits per heavy atom. The first kappa shape index (κ1) is 17.0. The molecule has 0 aromatic heterocycles. The van der Waals surface area contributed by atoms with E-state index in [1.54, 1.807) is 12.1 Å². The molecule has 9 nitrogen and oxygen atoms in total. The van der Waals surface area contributed by atoms with Crippen LogP contribution in [0.2, 0.25) is 0 Å². The molecule has 0 saturated heterocycles. The summed E-state index contributed by atoms with van der Waals surface area (Å²) in [5.41, 5.74) is -0.440. The lowest BCUT2D eigenvalue weighted by Gasteiger charge is -2.26. The minimum atomic E-state index is -0.621. The number of carbonyl (C=O) groups is 1. The van der Waals surface area contributed by atoms with Crippen molar-refractivity contribution in [2.75, 3.05) is 26.4 Å². The zero-order valence-electron chi connectivity index (χ0n) is 14.2. The van der Waals surface area contributed by atoms with Crippen LogP contribution in [0.4, 0.5) is 5.69 Å². The van der Waals surface area contributed by atoms with E-state index in [4.69, 9.17) is 18.9 Å². The van der Waals surface area contributed by atoms with E-state index in [-0.39, 0.29) is 30.2 Å². The van der Waals surface area contributed by atoms with Gasteiger partial charge in [0.15, 0.2) is 23.0 Å². The maximum absolute atomic E-state index is 12.5. The summed E-state index contributed by atoms with van der Waals surface area (Å²) in [5.74, 6) is 1.20. The van der Waals surface area contributed by atoms with Crippen molar-refractivity contribution in [2.45, 2.75) is 6.10 Å². The molecule has 140 valence electrons. The number of nitrogens with one attached hydrogen (secondary N) is 1. The van der Waals surface area contributed by atoms with Gasteiger partial charge < -0.3 is 24.3 Å². The number of ether oxygens (including phenoxy) is 4. The van der Waals surface area contributed by atoms with E-state index in [0.29, 0.717) is 30.5 Å². The second-order valence-corrected chi connectivity index (χ2v) is 5.98. The fourth-order valence-electron chi connectivity index (χ4n) is 2.88. The van der Waals surface area contributed by atoms with E-state index in [0.717, 1.165) is 0 Å². The first-order valence-corrected chi connectivity index (χ1v) is 8.36. The third-order valence-electron chi connectivity index (χ3n) is 4.16. The fraction of sp³-hybridized carbons (Fsp3) is 0.278. The van der Waals surface area contributed by atoms with Gasteiger partial charge >= 0.3 is 0 Å². The monoisotopic (exact) mass is 372 g/mol. The average Bonchev–Trinajstić information content (AvgIpc) is 2.70. The van der Waals surface area contributed by atoms with Gasteiger partial charge in [-0.2, -0.15) is 0 Å². The molecular formula is C18H16N2O7. The van der Waals surface area contributed by atoms with Crippen molar-refractivity contribution in [2.24, 2.45) is 0 Å². The molecule has 4 rings (SSSR count). The van der Waals surface area contributed by atoms with Gasteiger partial charge in [0.1, 0.15) is 31.5 Å². The van der Waals surface area contributed by atoms with Crippen LogP contribution in [0.15, 0.2) is 36.4 Å². The van der Waals surface area contributed by atoms with Crippen molar-refractivity contribution >= 4 is 11.6 Å². The van der Waals surface area contributed by atoms with Gasteiger partial charge in [-0.1, -0.05) is 12.1 Å². The molecule has 0 spiro atoms. The number of para-hydroxylation sites is 2. The quantitative estimate of drug-likeness (QED) is 0.645. The molecule has 2 aromatic carbocycles. The minimum absolute atomic E-state index is 0.0959. The molecule has 0 radical (unpaired) electrons. The van der Waals surface area contributed by atoms with Crippen LogP contribution in [0.1, 0.15) is 10.4 Å². The number of hydrogen-bond donors (Lipinski definition) is 1. The summed E-state index contributed by atoms with van der Waals surface area (Å²) in [4.78, 5) is 23.3. The minimum Gasteiger partial charge on any atom is -0.486 e. The van der Waals surface area contributed by atoms with Crippen LogP contribution >= 0.6 is 0 Å². The maximum Gasteiger partial charge on any atom is 0.286 e. The smallest absolute Gasteiger partial charge is 0.286 e. The average molecular weight is 372 g/mol. The topological polar surface area (TPSA) is 109 Å². The Hall–Kier alpha value is -3.49. The van der Waals surface area contributed by atoms with E-state index >= 15 is 0 Å². The van der Waals surface area contributed by atoms with Gasteiger partial charge in [-0.3, -0.25) is 14.9 Å². The Balaban J connectivity index is 1.48. The van der Waals surface area contributed by atoms with Crippen LogP contribution in [-0.4, -0.2) is 43.3 Å². The summed E-state index contributed by atoms with van der Waals surface area (Å²) in [6.07, 6.45) is -0.403. The number of rotatable bonds is 4. The zero-order chi connectivity index (χ0) is 18.8. The van der Waals surface area contributed by atoms with Crippen molar-refractivity contribution in [3.05, 3.63) is 52.1 Å². The van der Waals surface area contributed by atoms with Gasteiger partial charge in [0.05, 0.1) is 17.5 Å². The lowest BCUT2D eigenvalue weighted by molar-refractivity contribution is -0.385. The fourth-order valence-corrected chi connectivity index (χ4v) is 2.88. The molecule has 0 bridgehead atoms. The third-order valence-corrected chi connectivity index (χ3v) is 4.16. The zero-order valence-corrected chi connectivity index (χ0v) is 14.2. The van der Waals surface area contributed by atoms with E-state index < -0.39 is 16.9 Å². The third kappa shape index (κ3) is 3.43. The van der Waals surface area contributed by atoms with Gasteiger partial charge in [0.2, 0.25) is 0 Å². The van der Waals surface area contributed by atoms with Crippen LogP contribution in [0.3, 0.4) is 0 Å². The number of hydrogen-bond acceptors (Lipinski definition) is 7. The Morgan fingerprint density at radius 2 is 1.78 bits per heavy atom. The summed E-state index contributed by atoms with van der Waals surface area (Å²) in [6, 6.07) is 9.76. The molecular weight excluding hydrogens is 356 g/mol. The standard InChI is InChI=1S/C18H16N2O7/c21-18(19-9-11-10-26-14-3-1-2-4-15(14)27-11)12-7-16-17(25-6-5-24-16)8-13(12)20(22)23/h1-4,7-8,11H,5-6,9-10H2,(H,19,21)/t11-/m1/s1. The van der Waals surface area contributed by atoms with Gasteiger partial charge in [-0.25, -0.2) is 0 Å². The highest BCUT2D eigenvalue weighted by Gasteiger charge is 2.27. The van der Waals surface area contributed by atoms with Crippen LogP contribution in [0, 0.1) is 10.1 Å². The number of fused-ring (bicyclic) bond motifs is 2. The first-order chi connectivity index (χ1) is 13.1. The molecule has 2 heterocycles. The van der Waals surface area contributed by atoms with Crippen molar-refractivity contribution in [3.63, 3.8) is 0 Å². The second kappa shape index (κ2) is 7.02. The van der Waals surface area contributed by atoms with Gasteiger partial charge in [-0.15, -0.1) is 0 Å². The predicted octanol–water partition coefficient (Wildman–Crippen LogP) is 1.94. The number of nitro groups is 1. The first-order valence-electron chi connectivity index (χ1n) is 8.36. The number of nitro benzene ring substituents is 1. The van der Waals surface area contributed by atoms with Crippen molar-refractivity contribution < 1.29 is 28.7 Å². The molecule has 0 saturated carbocycles.